The third-order valence-corrected chi connectivity index (χ3v) is 4.94. The number of benzene rings is 2. The molecule has 112 valence electrons. The van der Waals surface area contributed by atoms with Crippen LogP contribution < -0.4 is 16.0 Å². The van der Waals surface area contributed by atoms with Crippen molar-refractivity contribution in [2.24, 2.45) is 5.84 Å². The van der Waals surface area contributed by atoms with Crippen molar-refractivity contribution in [2.45, 2.75) is 17.9 Å². The van der Waals surface area contributed by atoms with Crippen molar-refractivity contribution in [3.05, 3.63) is 59.1 Å². The van der Waals surface area contributed by atoms with Gasteiger partial charge in [0.15, 0.2) is 0 Å². The van der Waals surface area contributed by atoms with Gasteiger partial charge in [-0.25, -0.2) is 13.1 Å². The van der Waals surface area contributed by atoms with Gasteiger partial charge in [0, 0.05) is 16.8 Å². The van der Waals surface area contributed by atoms with Crippen molar-refractivity contribution >= 4 is 27.3 Å². The summed E-state index contributed by atoms with van der Waals surface area (Å²) in [6.45, 7) is 1.74. The Morgan fingerprint density at radius 2 is 1.71 bits per heavy atom. The summed E-state index contributed by atoms with van der Waals surface area (Å²) in [6, 6.07) is 12.8. The highest BCUT2D eigenvalue weighted by molar-refractivity contribution is 7.89. The quantitative estimate of drug-likeness (QED) is 0.583. The van der Waals surface area contributed by atoms with Crippen LogP contribution in [0.5, 0.6) is 0 Å². The Morgan fingerprint density at radius 3 is 2.29 bits per heavy atom. The van der Waals surface area contributed by atoms with Crippen LogP contribution in [0.2, 0.25) is 5.02 Å². The van der Waals surface area contributed by atoms with Crippen molar-refractivity contribution in [2.75, 3.05) is 5.43 Å². The predicted octanol–water partition coefficient (Wildman–Crippen LogP) is 2.67. The van der Waals surface area contributed by atoms with E-state index >= 15 is 0 Å². The van der Waals surface area contributed by atoms with Crippen molar-refractivity contribution in [1.29, 1.82) is 0 Å². The number of nitrogen functional groups attached to an aromatic ring is 1. The van der Waals surface area contributed by atoms with Gasteiger partial charge in [0.1, 0.15) is 0 Å². The second-order valence-corrected chi connectivity index (χ2v) is 6.65. The summed E-state index contributed by atoms with van der Waals surface area (Å²) in [5.74, 6) is 5.25. The molecule has 2 aromatic carbocycles. The molecule has 2 aromatic rings. The highest BCUT2D eigenvalue weighted by Crippen LogP contribution is 2.24. The van der Waals surface area contributed by atoms with Gasteiger partial charge in [-0.3, -0.25) is 5.84 Å². The average molecular weight is 326 g/mol. The maximum atomic E-state index is 12.3. The molecule has 4 N–H and O–H groups in total. The standard InChI is InChI=1S/C14H16ClN3O2S/c1-10(13-4-2-3-5-14(13)15)18-21(19,20)12-8-6-11(17-16)7-9-12/h2-10,17-18H,16H2,1H3. The second kappa shape index (κ2) is 6.44. The van der Waals surface area contributed by atoms with E-state index in [9.17, 15) is 8.42 Å². The first-order valence-corrected chi connectivity index (χ1v) is 8.13. The van der Waals surface area contributed by atoms with Crippen LogP contribution in [0, 0.1) is 0 Å². The van der Waals surface area contributed by atoms with E-state index in [-0.39, 0.29) is 4.90 Å². The van der Waals surface area contributed by atoms with E-state index in [4.69, 9.17) is 17.4 Å². The van der Waals surface area contributed by atoms with Crippen LogP contribution in [0.25, 0.3) is 0 Å². The number of hydrogen-bond donors (Lipinski definition) is 3. The van der Waals surface area contributed by atoms with Gasteiger partial charge in [0.05, 0.1) is 4.90 Å². The molecule has 7 heteroatoms. The van der Waals surface area contributed by atoms with E-state index in [2.05, 4.69) is 10.1 Å². The molecular weight excluding hydrogens is 310 g/mol. The van der Waals surface area contributed by atoms with Gasteiger partial charge >= 0.3 is 0 Å². The fraction of sp³-hybridized carbons (Fsp3) is 0.143. The summed E-state index contributed by atoms with van der Waals surface area (Å²) in [7, 11) is -3.63. The molecule has 21 heavy (non-hydrogen) atoms. The maximum Gasteiger partial charge on any atom is 0.241 e. The van der Waals surface area contributed by atoms with Crippen molar-refractivity contribution in [3.63, 3.8) is 0 Å². The molecule has 0 radical (unpaired) electrons. The maximum absolute atomic E-state index is 12.3. The van der Waals surface area contributed by atoms with Gasteiger partial charge in [-0.15, -0.1) is 0 Å². The van der Waals surface area contributed by atoms with E-state index in [1.165, 1.54) is 12.1 Å². The number of hydrazine groups is 1. The van der Waals surface area contributed by atoms with E-state index in [1.807, 2.05) is 6.07 Å². The zero-order valence-corrected chi connectivity index (χ0v) is 12.9. The fourth-order valence-electron chi connectivity index (χ4n) is 1.92. The van der Waals surface area contributed by atoms with E-state index in [0.29, 0.717) is 10.7 Å². The predicted molar refractivity (Wildman–Crippen MR) is 84.4 cm³/mol. The first kappa shape index (κ1) is 15.8. The molecule has 0 saturated carbocycles. The molecule has 0 heterocycles. The highest BCUT2D eigenvalue weighted by atomic mass is 35.5. The molecule has 0 spiro atoms. The Hall–Kier alpha value is -1.60. The zero-order chi connectivity index (χ0) is 15.5. The van der Waals surface area contributed by atoms with Crippen LogP contribution in [0.1, 0.15) is 18.5 Å². The van der Waals surface area contributed by atoms with Crippen molar-refractivity contribution in [1.82, 2.24) is 4.72 Å². The van der Waals surface area contributed by atoms with Crippen LogP contribution in [0.3, 0.4) is 0 Å². The SMILES string of the molecule is CC(NS(=O)(=O)c1ccc(NN)cc1)c1ccccc1Cl. The molecule has 2 rings (SSSR count). The molecule has 1 unspecified atom stereocenters. The Balaban J connectivity index is 2.22. The van der Waals surface area contributed by atoms with Crippen LogP contribution in [0.4, 0.5) is 5.69 Å². The van der Waals surface area contributed by atoms with Gasteiger partial charge < -0.3 is 5.43 Å². The summed E-state index contributed by atoms with van der Waals surface area (Å²) in [5, 5.41) is 0.523. The number of hydrogen-bond acceptors (Lipinski definition) is 4. The molecule has 0 aliphatic heterocycles. The zero-order valence-electron chi connectivity index (χ0n) is 11.4. The van der Waals surface area contributed by atoms with Gasteiger partial charge in [0.2, 0.25) is 10.0 Å². The minimum absolute atomic E-state index is 0.167. The van der Waals surface area contributed by atoms with E-state index in [0.717, 1.165) is 5.56 Å². The average Bonchev–Trinajstić information content (AvgIpc) is 2.47. The molecule has 0 fully saturated rings. The summed E-state index contributed by atoms with van der Waals surface area (Å²) < 4.78 is 27.2. The number of rotatable bonds is 5. The summed E-state index contributed by atoms with van der Waals surface area (Å²) in [4.78, 5) is 0.167. The Labute approximate surface area is 129 Å². The van der Waals surface area contributed by atoms with Crippen molar-refractivity contribution in [3.8, 4) is 0 Å². The van der Waals surface area contributed by atoms with Gasteiger partial charge in [-0.1, -0.05) is 29.8 Å². The molecule has 0 aliphatic rings. The molecule has 0 aromatic heterocycles. The lowest BCUT2D eigenvalue weighted by Crippen LogP contribution is -2.27. The van der Waals surface area contributed by atoms with Crippen LogP contribution in [-0.2, 0) is 10.0 Å². The summed E-state index contributed by atoms with van der Waals surface area (Å²) in [5.41, 5.74) is 3.80. The molecule has 0 saturated heterocycles. The topological polar surface area (TPSA) is 84.2 Å². The smallest absolute Gasteiger partial charge is 0.241 e. The lowest BCUT2D eigenvalue weighted by Gasteiger charge is -2.16. The van der Waals surface area contributed by atoms with Gasteiger partial charge in [-0.05, 0) is 42.8 Å². The minimum atomic E-state index is -3.63. The largest absolute Gasteiger partial charge is 0.324 e. The second-order valence-electron chi connectivity index (χ2n) is 4.53. The number of nitrogens with one attached hydrogen (secondary N) is 2. The number of nitrogens with two attached hydrogens (primary N) is 1. The third kappa shape index (κ3) is 3.74. The van der Waals surface area contributed by atoms with E-state index in [1.54, 1.807) is 37.3 Å². The van der Waals surface area contributed by atoms with Crippen LogP contribution in [-0.4, -0.2) is 8.42 Å². The first-order chi connectivity index (χ1) is 9.94. The van der Waals surface area contributed by atoms with Crippen LogP contribution in [0.15, 0.2) is 53.4 Å². The minimum Gasteiger partial charge on any atom is -0.324 e. The highest BCUT2D eigenvalue weighted by Gasteiger charge is 2.19. The third-order valence-electron chi connectivity index (χ3n) is 3.03. The monoisotopic (exact) mass is 325 g/mol. The number of anilines is 1. The molecule has 0 amide bonds. The van der Waals surface area contributed by atoms with Gasteiger partial charge in [0.25, 0.3) is 0 Å². The number of halogens is 1. The molecular formula is C14H16ClN3O2S. The first-order valence-electron chi connectivity index (χ1n) is 6.27. The fourth-order valence-corrected chi connectivity index (χ4v) is 3.44. The number of sulfonamides is 1. The molecule has 5 nitrogen and oxygen atoms in total. The lowest BCUT2D eigenvalue weighted by atomic mass is 10.1. The Kier molecular flexibility index (Phi) is 4.84. The Morgan fingerprint density at radius 1 is 1.10 bits per heavy atom. The van der Waals surface area contributed by atoms with Crippen LogP contribution >= 0.6 is 11.6 Å². The van der Waals surface area contributed by atoms with Crippen molar-refractivity contribution < 1.29 is 8.42 Å². The summed E-state index contributed by atoms with van der Waals surface area (Å²) in [6.07, 6.45) is 0. The molecule has 0 bridgehead atoms. The molecule has 1 atom stereocenters. The Bertz CT molecular complexity index is 717. The normalized spacial score (nSPS) is 12.9. The van der Waals surface area contributed by atoms with E-state index < -0.39 is 16.1 Å². The van der Waals surface area contributed by atoms with Gasteiger partial charge in [-0.2, -0.15) is 0 Å². The lowest BCUT2D eigenvalue weighted by molar-refractivity contribution is 0.567. The molecule has 0 aliphatic carbocycles. The summed E-state index contributed by atoms with van der Waals surface area (Å²) >= 11 is 6.08.